The maximum absolute atomic E-state index is 12.7. The van der Waals surface area contributed by atoms with Gasteiger partial charge in [-0.15, -0.1) is 0 Å². The summed E-state index contributed by atoms with van der Waals surface area (Å²) in [6, 6.07) is 16.3. The van der Waals surface area contributed by atoms with Crippen molar-refractivity contribution in [1.82, 2.24) is 9.80 Å². The van der Waals surface area contributed by atoms with E-state index in [1.54, 1.807) is 0 Å². The third-order valence-electron chi connectivity index (χ3n) is 4.84. The molecule has 124 valence electrons. The maximum atomic E-state index is 12.7. The van der Waals surface area contributed by atoms with Crippen LogP contribution in [0.3, 0.4) is 0 Å². The molecule has 0 radical (unpaired) electrons. The first-order chi connectivity index (χ1) is 11.8. The van der Waals surface area contributed by atoms with Crippen LogP contribution in [0.25, 0.3) is 0 Å². The highest BCUT2D eigenvalue weighted by Gasteiger charge is 2.23. The van der Waals surface area contributed by atoms with Gasteiger partial charge in [-0.25, -0.2) is 0 Å². The van der Waals surface area contributed by atoms with Gasteiger partial charge in [0.25, 0.3) is 5.91 Å². The molecule has 0 aliphatic carbocycles. The Morgan fingerprint density at radius 2 is 1.79 bits per heavy atom. The zero-order valence-corrected chi connectivity index (χ0v) is 13.8. The van der Waals surface area contributed by atoms with E-state index in [0.717, 1.165) is 62.6 Å². The molecule has 1 saturated heterocycles. The lowest BCUT2D eigenvalue weighted by molar-refractivity contribution is 0.0628. The topological polar surface area (TPSA) is 32.8 Å². The molecule has 0 aromatic heterocycles. The van der Waals surface area contributed by atoms with Gasteiger partial charge in [-0.3, -0.25) is 9.69 Å². The molecular formula is C20H22N2O2. The monoisotopic (exact) mass is 322 g/mol. The van der Waals surface area contributed by atoms with Crippen LogP contribution in [0.5, 0.6) is 5.75 Å². The third kappa shape index (κ3) is 3.15. The molecule has 1 amide bonds. The number of rotatable bonds is 3. The fourth-order valence-electron chi connectivity index (χ4n) is 3.45. The first-order valence-corrected chi connectivity index (χ1v) is 8.61. The normalized spacial score (nSPS) is 17.4. The van der Waals surface area contributed by atoms with Gasteiger partial charge in [0.05, 0.1) is 6.61 Å². The predicted octanol–water partition coefficient (Wildman–Crippen LogP) is 2.58. The molecule has 2 heterocycles. The van der Waals surface area contributed by atoms with E-state index in [-0.39, 0.29) is 5.91 Å². The molecule has 4 rings (SSSR count). The zero-order chi connectivity index (χ0) is 16.4. The number of carbonyl (C=O) groups is 1. The van der Waals surface area contributed by atoms with Crippen LogP contribution in [-0.2, 0) is 13.0 Å². The van der Waals surface area contributed by atoms with E-state index in [4.69, 9.17) is 4.74 Å². The van der Waals surface area contributed by atoms with Gasteiger partial charge in [-0.2, -0.15) is 0 Å². The summed E-state index contributed by atoms with van der Waals surface area (Å²) in [4.78, 5) is 17.1. The Balaban J connectivity index is 1.36. The molecule has 1 fully saturated rings. The van der Waals surface area contributed by atoms with Crippen molar-refractivity contribution in [3.8, 4) is 5.75 Å². The van der Waals surface area contributed by atoms with E-state index in [0.29, 0.717) is 0 Å². The van der Waals surface area contributed by atoms with Gasteiger partial charge >= 0.3 is 0 Å². The lowest BCUT2D eigenvalue weighted by atomic mass is 10.1. The molecule has 2 aromatic rings. The van der Waals surface area contributed by atoms with Crippen molar-refractivity contribution in [2.75, 3.05) is 32.8 Å². The summed E-state index contributed by atoms with van der Waals surface area (Å²) in [6.45, 7) is 5.12. The Labute approximate surface area is 142 Å². The minimum absolute atomic E-state index is 0.143. The van der Waals surface area contributed by atoms with E-state index in [1.165, 1.54) is 5.56 Å². The van der Waals surface area contributed by atoms with Crippen molar-refractivity contribution in [2.24, 2.45) is 0 Å². The summed E-state index contributed by atoms with van der Waals surface area (Å²) < 4.78 is 5.52. The molecule has 4 nitrogen and oxygen atoms in total. The van der Waals surface area contributed by atoms with Crippen molar-refractivity contribution in [2.45, 2.75) is 13.0 Å². The summed E-state index contributed by atoms with van der Waals surface area (Å²) >= 11 is 0. The van der Waals surface area contributed by atoms with Gasteiger partial charge in [0, 0.05) is 44.7 Å². The number of nitrogens with zero attached hydrogens (tertiary/aromatic N) is 2. The number of carbonyl (C=O) groups excluding carboxylic acids is 1. The average molecular weight is 322 g/mol. The number of hydrogen-bond donors (Lipinski definition) is 0. The number of fused-ring (bicyclic) bond motifs is 1. The van der Waals surface area contributed by atoms with Crippen LogP contribution in [0.2, 0.25) is 0 Å². The minimum atomic E-state index is 0.143. The summed E-state index contributed by atoms with van der Waals surface area (Å²) in [6.07, 6.45) is 0.904. The van der Waals surface area contributed by atoms with Crippen LogP contribution in [-0.4, -0.2) is 48.5 Å². The number of amides is 1. The number of ether oxygens (including phenoxy) is 1. The highest BCUT2D eigenvalue weighted by atomic mass is 16.5. The highest BCUT2D eigenvalue weighted by Crippen LogP contribution is 2.26. The van der Waals surface area contributed by atoms with E-state index in [9.17, 15) is 4.79 Å². The third-order valence-corrected chi connectivity index (χ3v) is 4.84. The van der Waals surface area contributed by atoms with Crippen LogP contribution < -0.4 is 4.74 Å². The minimum Gasteiger partial charge on any atom is -0.493 e. The number of piperazine rings is 1. The molecule has 0 atom stereocenters. The predicted molar refractivity (Wildman–Crippen MR) is 93.3 cm³/mol. The summed E-state index contributed by atoms with van der Waals surface area (Å²) in [5, 5.41) is 0. The van der Waals surface area contributed by atoms with Crippen molar-refractivity contribution in [1.29, 1.82) is 0 Å². The molecule has 2 aliphatic heterocycles. The fourth-order valence-corrected chi connectivity index (χ4v) is 3.45. The summed E-state index contributed by atoms with van der Waals surface area (Å²) in [5.74, 6) is 1.07. The molecule has 24 heavy (non-hydrogen) atoms. The lowest BCUT2D eigenvalue weighted by Gasteiger charge is -2.34. The molecule has 4 heteroatoms. The maximum Gasteiger partial charge on any atom is 0.253 e. The molecule has 0 unspecified atom stereocenters. The summed E-state index contributed by atoms with van der Waals surface area (Å²) in [7, 11) is 0. The van der Waals surface area contributed by atoms with Gasteiger partial charge in [0.2, 0.25) is 0 Å². The second-order valence-corrected chi connectivity index (χ2v) is 6.47. The first kappa shape index (κ1) is 15.2. The molecule has 0 bridgehead atoms. The Kier molecular flexibility index (Phi) is 4.22. The molecule has 0 N–H and O–H groups in total. The SMILES string of the molecule is O=C(c1ccc2c(c1)CCO2)N1CCN(Cc2ccccc2)CC1. The van der Waals surface area contributed by atoms with Gasteiger partial charge in [-0.1, -0.05) is 30.3 Å². The van der Waals surface area contributed by atoms with Gasteiger partial charge in [-0.05, 0) is 29.3 Å². The standard InChI is InChI=1S/C20H22N2O2/c23-20(18-6-7-19-17(14-18)8-13-24-19)22-11-9-21(10-12-22)15-16-4-2-1-3-5-16/h1-7,14H,8-13,15H2. The van der Waals surface area contributed by atoms with Gasteiger partial charge in [0.15, 0.2) is 0 Å². The van der Waals surface area contributed by atoms with Crippen molar-refractivity contribution >= 4 is 5.91 Å². The fraction of sp³-hybridized carbons (Fsp3) is 0.350. The Hall–Kier alpha value is -2.33. The Morgan fingerprint density at radius 3 is 2.58 bits per heavy atom. The second-order valence-electron chi connectivity index (χ2n) is 6.47. The van der Waals surface area contributed by atoms with E-state index in [1.807, 2.05) is 29.2 Å². The number of hydrogen-bond acceptors (Lipinski definition) is 3. The molecule has 0 spiro atoms. The summed E-state index contributed by atoms with van der Waals surface area (Å²) in [5.41, 5.74) is 3.27. The highest BCUT2D eigenvalue weighted by molar-refractivity contribution is 5.94. The van der Waals surface area contributed by atoms with Crippen LogP contribution in [0.15, 0.2) is 48.5 Å². The number of benzene rings is 2. The molecule has 0 saturated carbocycles. The van der Waals surface area contributed by atoms with Gasteiger partial charge in [0.1, 0.15) is 5.75 Å². The Morgan fingerprint density at radius 1 is 1.00 bits per heavy atom. The zero-order valence-electron chi connectivity index (χ0n) is 13.8. The molecule has 2 aliphatic rings. The van der Waals surface area contributed by atoms with Crippen molar-refractivity contribution in [3.63, 3.8) is 0 Å². The van der Waals surface area contributed by atoms with Crippen LogP contribution in [0.4, 0.5) is 0 Å². The lowest BCUT2D eigenvalue weighted by Crippen LogP contribution is -2.48. The Bertz CT molecular complexity index is 722. The molecular weight excluding hydrogens is 300 g/mol. The largest absolute Gasteiger partial charge is 0.493 e. The van der Waals surface area contributed by atoms with Crippen LogP contribution in [0, 0.1) is 0 Å². The van der Waals surface area contributed by atoms with E-state index >= 15 is 0 Å². The van der Waals surface area contributed by atoms with Crippen LogP contribution in [0.1, 0.15) is 21.5 Å². The molecule has 2 aromatic carbocycles. The quantitative estimate of drug-likeness (QED) is 0.871. The van der Waals surface area contributed by atoms with Gasteiger partial charge < -0.3 is 9.64 Å². The van der Waals surface area contributed by atoms with E-state index < -0.39 is 0 Å². The second kappa shape index (κ2) is 6.65. The van der Waals surface area contributed by atoms with Crippen molar-refractivity contribution < 1.29 is 9.53 Å². The van der Waals surface area contributed by atoms with E-state index in [2.05, 4.69) is 29.2 Å². The first-order valence-electron chi connectivity index (χ1n) is 8.61. The average Bonchev–Trinajstić information content (AvgIpc) is 3.10. The van der Waals surface area contributed by atoms with Crippen LogP contribution >= 0.6 is 0 Å². The smallest absolute Gasteiger partial charge is 0.253 e. The van der Waals surface area contributed by atoms with Crippen molar-refractivity contribution in [3.05, 3.63) is 65.2 Å².